The molecule has 0 saturated heterocycles. The second kappa shape index (κ2) is 15.2. The summed E-state index contributed by atoms with van der Waals surface area (Å²) in [6, 6.07) is 7.76. The van der Waals surface area contributed by atoms with E-state index in [0.29, 0.717) is 19.4 Å². The minimum atomic E-state index is -1.04. The number of carbonyl (C=O) groups is 1. The largest absolute Gasteiger partial charge is 0.493 e. The summed E-state index contributed by atoms with van der Waals surface area (Å²) in [4.78, 5) is 10.4. The van der Waals surface area contributed by atoms with Gasteiger partial charge in [0, 0.05) is 12.8 Å². The number of hydrogen-bond donors (Lipinski definition) is 4. The van der Waals surface area contributed by atoms with Crippen LogP contribution in [0.25, 0.3) is 0 Å². The van der Waals surface area contributed by atoms with Gasteiger partial charge >= 0.3 is 5.97 Å². The second-order valence-electron chi connectivity index (χ2n) is 6.90. The Balaban J connectivity index is 2.21. The van der Waals surface area contributed by atoms with Gasteiger partial charge in [0.25, 0.3) is 0 Å². The third-order valence-corrected chi connectivity index (χ3v) is 4.15. The fourth-order valence-corrected chi connectivity index (χ4v) is 2.49. The molecule has 0 amide bonds. The molecule has 0 unspecified atom stereocenters. The molecule has 4 N–H and O–H groups in total. The monoisotopic (exact) mass is 416 g/mol. The summed E-state index contributed by atoms with van der Waals surface area (Å²) in [6.07, 6.45) is 11.9. The summed E-state index contributed by atoms with van der Waals surface area (Å²) < 4.78 is 5.60. The van der Waals surface area contributed by atoms with Crippen molar-refractivity contribution in [3.05, 3.63) is 78.4 Å². The molecular formula is C24H32O6. The van der Waals surface area contributed by atoms with Gasteiger partial charge in [-0.05, 0) is 37.5 Å². The average molecular weight is 417 g/mol. The number of hydrogen-bond acceptors (Lipinski definition) is 5. The molecule has 0 aliphatic rings. The van der Waals surface area contributed by atoms with Gasteiger partial charge in [0.2, 0.25) is 0 Å². The first kappa shape index (κ1) is 25.4. The van der Waals surface area contributed by atoms with Crippen LogP contribution < -0.4 is 4.74 Å². The van der Waals surface area contributed by atoms with Crippen molar-refractivity contribution in [2.75, 3.05) is 6.61 Å². The molecule has 0 spiro atoms. The maximum absolute atomic E-state index is 10.4. The van der Waals surface area contributed by atoms with Crippen molar-refractivity contribution in [2.24, 2.45) is 0 Å². The highest BCUT2D eigenvalue weighted by Crippen LogP contribution is 2.13. The molecular weight excluding hydrogens is 384 g/mol. The van der Waals surface area contributed by atoms with Crippen LogP contribution >= 0.6 is 0 Å². The Morgan fingerprint density at radius 1 is 1.00 bits per heavy atom. The fraction of sp³-hybridized carbons (Fsp3) is 0.375. The maximum Gasteiger partial charge on any atom is 0.303 e. The zero-order valence-electron chi connectivity index (χ0n) is 17.3. The van der Waals surface area contributed by atoms with E-state index in [0.717, 1.165) is 11.3 Å². The van der Waals surface area contributed by atoms with Crippen LogP contribution in [0, 0.1) is 6.92 Å². The Morgan fingerprint density at radius 3 is 2.33 bits per heavy atom. The number of benzene rings is 1. The number of carboxylic acids is 1. The van der Waals surface area contributed by atoms with Crippen LogP contribution in [0.4, 0.5) is 0 Å². The van der Waals surface area contributed by atoms with Crippen molar-refractivity contribution >= 4 is 5.97 Å². The Labute approximate surface area is 178 Å². The van der Waals surface area contributed by atoms with Crippen LogP contribution in [-0.2, 0) is 4.79 Å². The lowest BCUT2D eigenvalue weighted by Gasteiger charge is -2.13. The highest BCUT2D eigenvalue weighted by molar-refractivity contribution is 5.66. The van der Waals surface area contributed by atoms with Crippen LogP contribution in [0.2, 0.25) is 0 Å². The molecule has 1 aromatic rings. The van der Waals surface area contributed by atoms with E-state index >= 15 is 0 Å². The standard InChI is InChI=1S/C24H32O6/c1-19-10-8-12-21(18-19)30-17-16-20(25)11-6-4-2-3-5-7-13-22(26)23(27)14-9-15-24(28)29/h2-8,10-13,18,20,22-23,25-27H,9,14-17H2,1H3,(H,28,29)/b4-2-,5-3+,11-6+,13-7+/t20-,22-,23+/m1/s1. The summed E-state index contributed by atoms with van der Waals surface area (Å²) in [5.41, 5.74) is 1.13. The summed E-state index contributed by atoms with van der Waals surface area (Å²) >= 11 is 0. The highest BCUT2D eigenvalue weighted by Gasteiger charge is 2.12. The molecule has 0 aliphatic heterocycles. The van der Waals surface area contributed by atoms with Gasteiger partial charge in [0.1, 0.15) is 5.75 Å². The van der Waals surface area contributed by atoms with E-state index in [1.807, 2.05) is 31.2 Å². The third-order valence-electron chi connectivity index (χ3n) is 4.15. The summed E-state index contributed by atoms with van der Waals surface area (Å²) in [5.74, 6) is -0.124. The number of aryl methyl sites for hydroxylation is 1. The minimum Gasteiger partial charge on any atom is -0.493 e. The lowest BCUT2D eigenvalue weighted by atomic mass is 10.1. The van der Waals surface area contributed by atoms with Gasteiger partial charge in [-0.2, -0.15) is 0 Å². The molecule has 0 aliphatic carbocycles. The lowest BCUT2D eigenvalue weighted by molar-refractivity contribution is -0.137. The number of aliphatic hydroxyl groups excluding tert-OH is 3. The van der Waals surface area contributed by atoms with E-state index in [2.05, 4.69) is 0 Å². The lowest BCUT2D eigenvalue weighted by Crippen LogP contribution is -2.23. The molecule has 6 nitrogen and oxygen atoms in total. The normalized spacial score (nSPS) is 15.3. The Hall–Kier alpha value is -2.67. The number of allylic oxidation sites excluding steroid dienone is 6. The summed E-state index contributed by atoms with van der Waals surface area (Å²) in [7, 11) is 0. The molecule has 0 saturated carbocycles. The average Bonchev–Trinajstić information content (AvgIpc) is 2.69. The summed E-state index contributed by atoms with van der Waals surface area (Å²) in [6.45, 7) is 2.42. The van der Waals surface area contributed by atoms with Crippen LogP contribution in [0.3, 0.4) is 0 Å². The van der Waals surface area contributed by atoms with Gasteiger partial charge in [-0.15, -0.1) is 0 Å². The zero-order chi connectivity index (χ0) is 22.2. The smallest absolute Gasteiger partial charge is 0.303 e. The van der Waals surface area contributed by atoms with Gasteiger partial charge in [0.15, 0.2) is 0 Å². The van der Waals surface area contributed by atoms with Crippen LogP contribution in [0.1, 0.15) is 31.2 Å². The maximum atomic E-state index is 10.4. The molecule has 1 rings (SSSR count). The molecule has 0 heterocycles. The van der Waals surface area contributed by atoms with Crippen molar-refractivity contribution in [1.82, 2.24) is 0 Å². The Bertz CT molecular complexity index is 735. The number of ether oxygens (including phenoxy) is 1. The van der Waals surface area contributed by atoms with Gasteiger partial charge < -0.3 is 25.2 Å². The quantitative estimate of drug-likeness (QED) is 0.347. The first-order valence-electron chi connectivity index (χ1n) is 10.0. The van der Waals surface area contributed by atoms with Crippen molar-refractivity contribution in [3.8, 4) is 5.75 Å². The molecule has 30 heavy (non-hydrogen) atoms. The molecule has 0 radical (unpaired) electrons. The van der Waals surface area contributed by atoms with E-state index in [1.54, 1.807) is 42.5 Å². The molecule has 1 aromatic carbocycles. The topological polar surface area (TPSA) is 107 Å². The number of aliphatic hydroxyl groups is 3. The first-order chi connectivity index (χ1) is 14.4. The van der Waals surface area contributed by atoms with Gasteiger partial charge in [0.05, 0.1) is 24.9 Å². The zero-order valence-corrected chi connectivity index (χ0v) is 17.3. The van der Waals surface area contributed by atoms with E-state index in [1.165, 1.54) is 6.08 Å². The van der Waals surface area contributed by atoms with Gasteiger partial charge in [-0.25, -0.2) is 0 Å². The van der Waals surface area contributed by atoms with Crippen molar-refractivity contribution < 1.29 is 30.0 Å². The predicted molar refractivity (Wildman–Crippen MR) is 117 cm³/mol. The minimum absolute atomic E-state index is 0.0276. The van der Waals surface area contributed by atoms with E-state index < -0.39 is 24.3 Å². The SMILES string of the molecule is Cc1cccc(OCC[C@H](O)/C=C/C=C\C=C\C=C\[C@@H](O)[C@@H](O)CCCC(=O)O)c1. The highest BCUT2D eigenvalue weighted by atomic mass is 16.5. The van der Waals surface area contributed by atoms with E-state index in [9.17, 15) is 20.1 Å². The molecule has 6 heteroatoms. The third kappa shape index (κ3) is 12.7. The first-order valence-corrected chi connectivity index (χ1v) is 10.0. The van der Waals surface area contributed by atoms with Crippen LogP contribution in [-0.4, -0.2) is 51.3 Å². The van der Waals surface area contributed by atoms with Gasteiger partial charge in [-0.1, -0.05) is 60.7 Å². The fourth-order valence-electron chi connectivity index (χ4n) is 2.49. The Morgan fingerprint density at radius 2 is 1.67 bits per heavy atom. The Kier molecular flexibility index (Phi) is 12.9. The van der Waals surface area contributed by atoms with Crippen LogP contribution in [0.15, 0.2) is 72.9 Å². The predicted octanol–water partition coefficient (Wildman–Crippen LogP) is 3.33. The van der Waals surface area contributed by atoms with Crippen molar-refractivity contribution in [2.45, 2.75) is 50.9 Å². The molecule has 0 bridgehead atoms. The van der Waals surface area contributed by atoms with Crippen molar-refractivity contribution in [3.63, 3.8) is 0 Å². The van der Waals surface area contributed by atoms with E-state index in [4.69, 9.17) is 9.84 Å². The second-order valence-corrected chi connectivity index (χ2v) is 6.90. The molecule has 164 valence electrons. The van der Waals surface area contributed by atoms with Crippen LogP contribution in [0.5, 0.6) is 5.75 Å². The number of carboxylic acid groups (broad SMARTS) is 1. The van der Waals surface area contributed by atoms with Crippen molar-refractivity contribution in [1.29, 1.82) is 0 Å². The summed E-state index contributed by atoms with van der Waals surface area (Å²) in [5, 5.41) is 37.9. The molecule has 3 atom stereocenters. The number of aliphatic carboxylic acids is 1. The number of rotatable bonds is 14. The van der Waals surface area contributed by atoms with Gasteiger partial charge in [-0.3, -0.25) is 4.79 Å². The van der Waals surface area contributed by atoms with E-state index in [-0.39, 0.29) is 12.8 Å². The molecule has 0 aromatic heterocycles. The molecule has 0 fully saturated rings.